The molecule has 1 atom stereocenters. The van der Waals surface area contributed by atoms with E-state index in [1.165, 1.54) is 0 Å². The van der Waals surface area contributed by atoms with Crippen LogP contribution < -0.4 is 5.32 Å². The minimum absolute atomic E-state index is 0. The number of rotatable bonds is 4. The first-order valence-electron chi connectivity index (χ1n) is 8.53. The molecule has 0 spiro atoms. The number of nitrogens with zero attached hydrogens (tertiary/aromatic N) is 1. The molecule has 3 nitrogen and oxygen atoms in total. The van der Waals surface area contributed by atoms with E-state index in [-0.39, 0.29) is 24.2 Å². The molecule has 0 aromatic heterocycles. The van der Waals surface area contributed by atoms with Crippen LogP contribution in [0.1, 0.15) is 29.9 Å². The van der Waals surface area contributed by atoms with Gasteiger partial charge in [-0.1, -0.05) is 60.1 Å². The van der Waals surface area contributed by atoms with E-state index in [4.69, 9.17) is 11.6 Å². The van der Waals surface area contributed by atoms with Gasteiger partial charge in [0.2, 0.25) is 5.91 Å². The van der Waals surface area contributed by atoms with Gasteiger partial charge in [0.15, 0.2) is 0 Å². The van der Waals surface area contributed by atoms with Gasteiger partial charge in [-0.05, 0) is 30.2 Å². The summed E-state index contributed by atoms with van der Waals surface area (Å²) in [7, 11) is 0. The van der Waals surface area contributed by atoms with Crippen LogP contribution in [0.3, 0.4) is 0 Å². The molecule has 3 rings (SSSR count). The number of benzene rings is 2. The SMILES string of the molecule is Cl.O=C(CC(c1ccccc1)c1ccccc1Cl)N1CCCNCC1. The number of amides is 1. The van der Waals surface area contributed by atoms with Crippen LogP contribution in [0.5, 0.6) is 0 Å². The molecule has 2 aromatic carbocycles. The van der Waals surface area contributed by atoms with Gasteiger partial charge in [-0.2, -0.15) is 0 Å². The summed E-state index contributed by atoms with van der Waals surface area (Å²) in [6, 6.07) is 18.0. The Morgan fingerprint density at radius 3 is 2.52 bits per heavy atom. The molecular formula is C20H24Cl2N2O. The molecule has 134 valence electrons. The molecule has 5 heteroatoms. The average Bonchev–Trinajstić information content (AvgIpc) is 2.90. The van der Waals surface area contributed by atoms with Gasteiger partial charge in [-0.25, -0.2) is 0 Å². The summed E-state index contributed by atoms with van der Waals surface area (Å²) in [5.74, 6) is 0.191. The first kappa shape index (κ1) is 19.8. The van der Waals surface area contributed by atoms with Crippen LogP contribution in [0.4, 0.5) is 0 Å². The monoisotopic (exact) mass is 378 g/mol. The second-order valence-electron chi connectivity index (χ2n) is 6.17. The van der Waals surface area contributed by atoms with Crippen LogP contribution in [0.15, 0.2) is 54.6 Å². The van der Waals surface area contributed by atoms with Crippen LogP contribution in [-0.4, -0.2) is 37.0 Å². The predicted molar refractivity (Wildman–Crippen MR) is 106 cm³/mol. The van der Waals surface area contributed by atoms with E-state index in [1.807, 2.05) is 47.4 Å². The molecular weight excluding hydrogens is 355 g/mol. The summed E-state index contributed by atoms with van der Waals surface area (Å²) in [4.78, 5) is 14.9. The van der Waals surface area contributed by atoms with Crippen molar-refractivity contribution in [3.8, 4) is 0 Å². The van der Waals surface area contributed by atoms with Gasteiger partial charge in [-0.15, -0.1) is 12.4 Å². The van der Waals surface area contributed by atoms with Crippen LogP contribution in [0, 0.1) is 0 Å². The van der Waals surface area contributed by atoms with Gasteiger partial charge < -0.3 is 10.2 Å². The summed E-state index contributed by atoms with van der Waals surface area (Å²) < 4.78 is 0. The first-order valence-corrected chi connectivity index (χ1v) is 8.91. The summed E-state index contributed by atoms with van der Waals surface area (Å²) in [5.41, 5.74) is 2.15. The van der Waals surface area contributed by atoms with Gasteiger partial charge in [-0.3, -0.25) is 4.79 Å². The standard InChI is InChI=1S/C20H23ClN2O.ClH/c21-19-10-5-4-9-17(19)18(16-7-2-1-3-8-16)15-20(24)23-13-6-11-22-12-14-23;/h1-5,7-10,18,22H,6,11-15H2;1H. The Kier molecular flexibility index (Phi) is 7.76. The summed E-state index contributed by atoms with van der Waals surface area (Å²) >= 11 is 6.43. The van der Waals surface area contributed by atoms with E-state index in [9.17, 15) is 4.79 Å². The van der Waals surface area contributed by atoms with E-state index >= 15 is 0 Å². The molecule has 2 aromatic rings. The van der Waals surface area contributed by atoms with Gasteiger partial charge in [0.1, 0.15) is 0 Å². The van der Waals surface area contributed by atoms with E-state index in [1.54, 1.807) is 0 Å². The Hall–Kier alpha value is -1.55. The third-order valence-corrected chi connectivity index (χ3v) is 4.90. The molecule has 0 saturated carbocycles. The Bertz CT molecular complexity index is 670. The maximum Gasteiger partial charge on any atom is 0.223 e. The van der Waals surface area contributed by atoms with Crippen molar-refractivity contribution in [2.24, 2.45) is 0 Å². The van der Waals surface area contributed by atoms with E-state index in [0.717, 1.165) is 48.7 Å². The maximum atomic E-state index is 12.9. The second-order valence-corrected chi connectivity index (χ2v) is 6.58. The first-order chi connectivity index (χ1) is 11.8. The van der Waals surface area contributed by atoms with Gasteiger partial charge in [0.25, 0.3) is 0 Å². The molecule has 25 heavy (non-hydrogen) atoms. The highest BCUT2D eigenvalue weighted by atomic mass is 35.5. The molecule has 1 unspecified atom stereocenters. The predicted octanol–water partition coefficient (Wildman–Crippen LogP) is 4.11. The fourth-order valence-electron chi connectivity index (χ4n) is 3.25. The topological polar surface area (TPSA) is 32.3 Å². The van der Waals surface area contributed by atoms with Crippen LogP contribution in [-0.2, 0) is 4.79 Å². The highest BCUT2D eigenvalue weighted by Crippen LogP contribution is 2.33. The third-order valence-electron chi connectivity index (χ3n) is 4.55. The largest absolute Gasteiger partial charge is 0.341 e. The number of hydrogen-bond acceptors (Lipinski definition) is 2. The molecule has 1 aliphatic heterocycles. The second kappa shape index (κ2) is 9.81. The van der Waals surface area contributed by atoms with Crippen molar-refractivity contribution in [3.63, 3.8) is 0 Å². The van der Waals surface area contributed by atoms with Crippen molar-refractivity contribution in [3.05, 3.63) is 70.7 Å². The zero-order valence-electron chi connectivity index (χ0n) is 14.2. The molecule has 1 saturated heterocycles. The Morgan fingerprint density at radius 1 is 1.04 bits per heavy atom. The lowest BCUT2D eigenvalue weighted by Crippen LogP contribution is -2.35. The molecule has 0 bridgehead atoms. The van der Waals surface area contributed by atoms with E-state index in [0.29, 0.717) is 6.42 Å². The average molecular weight is 379 g/mol. The molecule has 1 heterocycles. The number of nitrogens with one attached hydrogen (secondary N) is 1. The molecule has 0 radical (unpaired) electrons. The lowest BCUT2D eigenvalue weighted by atomic mass is 9.88. The molecule has 0 aliphatic carbocycles. The van der Waals surface area contributed by atoms with Crippen LogP contribution in [0.25, 0.3) is 0 Å². The Morgan fingerprint density at radius 2 is 1.76 bits per heavy atom. The third kappa shape index (κ3) is 5.21. The maximum absolute atomic E-state index is 12.9. The summed E-state index contributed by atoms with van der Waals surface area (Å²) in [5, 5.41) is 4.06. The Labute approximate surface area is 160 Å². The number of hydrogen-bond donors (Lipinski definition) is 1. The zero-order chi connectivity index (χ0) is 16.8. The highest BCUT2D eigenvalue weighted by Gasteiger charge is 2.24. The van der Waals surface area contributed by atoms with Crippen molar-refractivity contribution < 1.29 is 4.79 Å². The smallest absolute Gasteiger partial charge is 0.223 e. The number of halogens is 2. The van der Waals surface area contributed by atoms with Crippen molar-refractivity contribution in [2.45, 2.75) is 18.8 Å². The minimum atomic E-state index is -0.0105. The lowest BCUT2D eigenvalue weighted by Gasteiger charge is -2.24. The highest BCUT2D eigenvalue weighted by molar-refractivity contribution is 6.31. The number of carbonyl (C=O) groups excluding carboxylic acids is 1. The van der Waals surface area contributed by atoms with Gasteiger partial charge in [0.05, 0.1) is 0 Å². The minimum Gasteiger partial charge on any atom is -0.341 e. The van der Waals surface area contributed by atoms with Crippen LogP contribution in [0.2, 0.25) is 5.02 Å². The summed E-state index contributed by atoms with van der Waals surface area (Å²) in [6.07, 6.45) is 1.46. The van der Waals surface area contributed by atoms with Crippen LogP contribution >= 0.6 is 24.0 Å². The molecule has 1 aliphatic rings. The quantitative estimate of drug-likeness (QED) is 0.867. The Balaban J connectivity index is 0.00000225. The normalized spacial score (nSPS) is 15.8. The van der Waals surface area contributed by atoms with E-state index < -0.39 is 0 Å². The lowest BCUT2D eigenvalue weighted by molar-refractivity contribution is -0.131. The molecule has 1 fully saturated rings. The van der Waals surface area contributed by atoms with Crippen molar-refractivity contribution >= 4 is 29.9 Å². The fourth-order valence-corrected chi connectivity index (χ4v) is 3.52. The molecule has 1 N–H and O–H groups in total. The molecule has 1 amide bonds. The van der Waals surface area contributed by atoms with Crippen molar-refractivity contribution in [2.75, 3.05) is 26.2 Å². The number of carbonyl (C=O) groups is 1. The van der Waals surface area contributed by atoms with Gasteiger partial charge in [0, 0.05) is 37.0 Å². The van der Waals surface area contributed by atoms with Crippen molar-refractivity contribution in [1.82, 2.24) is 10.2 Å². The fraction of sp³-hybridized carbons (Fsp3) is 0.350. The van der Waals surface area contributed by atoms with E-state index in [2.05, 4.69) is 17.4 Å². The van der Waals surface area contributed by atoms with Gasteiger partial charge >= 0.3 is 0 Å². The van der Waals surface area contributed by atoms with Crippen molar-refractivity contribution in [1.29, 1.82) is 0 Å². The zero-order valence-corrected chi connectivity index (χ0v) is 15.7. The summed E-state index contributed by atoms with van der Waals surface area (Å²) in [6.45, 7) is 3.46.